The number of Topliss-reactive ketones (excluding diaryl/α,β-unsaturated/α-hetero) is 1. The van der Waals surface area contributed by atoms with E-state index in [9.17, 15) is 4.79 Å². The highest BCUT2D eigenvalue weighted by atomic mass is 16.7. The van der Waals surface area contributed by atoms with Crippen LogP contribution in [0.4, 0.5) is 0 Å². The topological polar surface area (TPSA) is 38.3 Å². The second-order valence-electron chi connectivity index (χ2n) is 2.10. The molecule has 3 heteroatoms. The number of carbonyl (C=O) groups excluding carboxylic acids is 1. The molecule has 1 rings (SSSR count). The van der Waals surface area contributed by atoms with Crippen LogP contribution in [0.25, 0.3) is 0 Å². The van der Waals surface area contributed by atoms with Crippen molar-refractivity contribution >= 4 is 5.78 Å². The largest absolute Gasteiger partial charge is 0.405 e. The van der Waals surface area contributed by atoms with Crippen molar-refractivity contribution in [2.24, 2.45) is 0 Å². The number of hydrogen-bond donors (Lipinski definition) is 1. The number of ketones is 1. The Labute approximate surface area is 53.6 Å². The Morgan fingerprint density at radius 2 is 2.56 bits per heavy atom. The van der Waals surface area contributed by atoms with E-state index in [1.54, 1.807) is 6.08 Å². The lowest BCUT2D eigenvalue weighted by Crippen LogP contribution is -2.16. The van der Waals surface area contributed by atoms with Crippen LogP contribution in [0.3, 0.4) is 0 Å². The van der Waals surface area contributed by atoms with Crippen molar-refractivity contribution in [2.75, 3.05) is 0 Å². The van der Waals surface area contributed by atoms with E-state index >= 15 is 0 Å². The molecule has 0 aromatic heterocycles. The standard InChI is InChI=1S/C6H9NO2/c1-4-3-6(5(2)8)9-7-4/h3-4,7H,1-2H3. The first-order valence-corrected chi connectivity index (χ1v) is 2.85. The number of hydrogen-bond acceptors (Lipinski definition) is 3. The molecule has 9 heavy (non-hydrogen) atoms. The molecule has 1 aliphatic rings. The molecule has 1 aliphatic heterocycles. The van der Waals surface area contributed by atoms with Crippen LogP contribution in [0.2, 0.25) is 0 Å². The van der Waals surface area contributed by atoms with Gasteiger partial charge >= 0.3 is 0 Å². The minimum atomic E-state index is -0.0353. The van der Waals surface area contributed by atoms with Gasteiger partial charge in [-0.1, -0.05) is 0 Å². The summed E-state index contributed by atoms with van der Waals surface area (Å²) in [6, 6.07) is 0.156. The van der Waals surface area contributed by atoms with Crippen LogP contribution in [-0.4, -0.2) is 11.8 Å². The molecule has 0 aromatic carbocycles. The minimum absolute atomic E-state index is 0.0353. The summed E-state index contributed by atoms with van der Waals surface area (Å²) in [7, 11) is 0. The number of allylic oxidation sites excluding steroid dienone is 1. The van der Waals surface area contributed by atoms with Crippen LogP contribution in [0.5, 0.6) is 0 Å². The zero-order valence-corrected chi connectivity index (χ0v) is 5.47. The van der Waals surface area contributed by atoms with Gasteiger partial charge in [-0.05, 0) is 13.0 Å². The van der Waals surface area contributed by atoms with Crippen molar-refractivity contribution in [1.82, 2.24) is 5.48 Å². The molecule has 0 aromatic rings. The van der Waals surface area contributed by atoms with Gasteiger partial charge in [0.25, 0.3) is 0 Å². The molecule has 0 saturated heterocycles. The zero-order valence-electron chi connectivity index (χ0n) is 5.47. The van der Waals surface area contributed by atoms with Crippen molar-refractivity contribution in [3.63, 3.8) is 0 Å². The maximum atomic E-state index is 10.6. The van der Waals surface area contributed by atoms with Crippen LogP contribution >= 0.6 is 0 Å². The molecule has 0 amide bonds. The molecule has 1 unspecified atom stereocenters. The van der Waals surface area contributed by atoms with Gasteiger partial charge < -0.3 is 4.84 Å². The summed E-state index contributed by atoms with van der Waals surface area (Å²) < 4.78 is 0. The average molecular weight is 127 g/mol. The summed E-state index contributed by atoms with van der Waals surface area (Å²) in [6.45, 7) is 3.39. The fourth-order valence-electron chi connectivity index (χ4n) is 0.641. The fourth-order valence-corrected chi connectivity index (χ4v) is 0.641. The van der Waals surface area contributed by atoms with Gasteiger partial charge in [0, 0.05) is 6.92 Å². The summed E-state index contributed by atoms with van der Waals surface area (Å²) in [6.07, 6.45) is 1.75. The average Bonchev–Trinajstić information content (AvgIpc) is 2.14. The first-order chi connectivity index (χ1) is 4.20. The van der Waals surface area contributed by atoms with Crippen molar-refractivity contribution in [2.45, 2.75) is 19.9 Å². The van der Waals surface area contributed by atoms with Gasteiger partial charge in [-0.2, -0.15) is 0 Å². The molecule has 0 aliphatic carbocycles. The molecule has 1 atom stereocenters. The normalized spacial score (nSPS) is 25.1. The quantitative estimate of drug-likeness (QED) is 0.553. The van der Waals surface area contributed by atoms with Crippen LogP contribution in [0.1, 0.15) is 13.8 Å². The van der Waals surface area contributed by atoms with E-state index in [0.717, 1.165) is 0 Å². The fraction of sp³-hybridized carbons (Fsp3) is 0.500. The van der Waals surface area contributed by atoms with Crippen molar-refractivity contribution in [3.8, 4) is 0 Å². The van der Waals surface area contributed by atoms with E-state index in [0.29, 0.717) is 5.76 Å². The number of rotatable bonds is 1. The molecule has 0 saturated carbocycles. The third kappa shape index (κ3) is 1.29. The summed E-state index contributed by atoms with van der Waals surface area (Å²) >= 11 is 0. The maximum Gasteiger partial charge on any atom is 0.196 e. The monoisotopic (exact) mass is 127 g/mol. The molecular formula is C6H9NO2. The molecule has 50 valence electrons. The Kier molecular flexibility index (Phi) is 1.53. The molecule has 3 nitrogen and oxygen atoms in total. The van der Waals surface area contributed by atoms with Crippen molar-refractivity contribution in [1.29, 1.82) is 0 Å². The Morgan fingerprint density at radius 3 is 2.78 bits per heavy atom. The Hall–Kier alpha value is -0.830. The Balaban J connectivity index is 2.62. The first kappa shape index (κ1) is 6.29. The van der Waals surface area contributed by atoms with E-state index in [2.05, 4.69) is 5.48 Å². The van der Waals surface area contributed by atoms with Crippen LogP contribution < -0.4 is 5.48 Å². The summed E-state index contributed by atoms with van der Waals surface area (Å²) in [4.78, 5) is 15.3. The van der Waals surface area contributed by atoms with E-state index in [4.69, 9.17) is 4.84 Å². The predicted molar refractivity (Wildman–Crippen MR) is 32.4 cm³/mol. The van der Waals surface area contributed by atoms with E-state index in [1.165, 1.54) is 6.92 Å². The van der Waals surface area contributed by atoms with Crippen LogP contribution in [0.15, 0.2) is 11.8 Å². The summed E-state index contributed by atoms with van der Waals surface area (Å²) in [5.41, 5.74) is 2.64. The maximum absolute atomic E-state index is 10.6. The molecule has 0 bridgehead atoms. The lowest BCUT2D eigenvalue weighted by atomic mass is 10.3. The minimum Gasteiger partial charge on any atom is -0.405 e. The van der Waals surface area contributed by atoms with Crippen molar-refractivity contribution < 1.29 is 9.63 Å². The number of nitrogens with one attached hydrogen (secondary N) is 1. The molecule has 1 heterocycles. The lowest BCUT2D eigenvalue weighted by Gasteiger charge is -1.97. The third-order valence-electron chi connectivity index (χ3n) is 1.10. The van der Waals surface area contributed by atoms with Crippen LogP contribution in [-0.2, 0) is 9.63 Å². The second-order valence-corrected chi connectivity index (χ2v) is 2.10. The third-order valence-corrected chi connectivity index (χ3v) is 1.10. The lowest BCUT2D eigenvalue weighted by molar-refractivity contribution is -0.117. The van der Waals surface area contributed by atoms with Gasteiger partial charge in [-0.3, -0.25) is 4.79 Å². The van der Waals surface area contributed by atoms with E-state index in [1.807, 2.05) is 6.92 Å². The summed E-state index contributed by atoms with van der Waals surface area (Å²) in [5.74, 6) is 0.384. The smallest absolute Gasteiger partial charge is 0.196 e. The summed E-state index contributed by atoms with van der Waals surface area (Å²) in [5, 5.41) is 0. The van der Waals surface area contributed by atoms with E-state index in [-0.39, 0.29) is 11.8 Å². The Bertz CT molecular complexity index is 162. The van der Waals surface area contributed by atoms with Gasteiger partial charge in [-0.25, -0.2) is 0 Å². The highest BCUT2D eigenvalue weighted by Gasteiger charge is 2.14. The predicted octanol–water partition coefficient (Wildman–Crippen LogP) is 0.383. The van der Waals surface area contributed by atoms with Crippen LogP contribution in [0, 0.1) is 0 Å². The highest BCUT2D eigenvalue weighted by molar-refractivity contribution is 5.91. The molecule has 0 radical (unpaired) electrons. The van der Waals surface area contributed by atoms with E-state index < -0.39 is 0 Å². The molecular weight excluding hydrogens is 118 g/mol. The molecule has 0 fully saturated rings. The van der Waals surface area contributed by atoms with Gasteiger partial charge in [0.05, 0.1) is 6.04 Å². The van der Waals surface area contributed by atoms with Crippen molar-refractivity contribution in [3.05, 3.63) is 11.8 Å². The number of carbonyl (C=O) groups is 1. The SMILES string of the molecule is CC(=O)C1=CC(C)NO1. The van der Waals surface area contributed by atoms with Gasteiger partial charge in [0.2, 0.25) is 0 Å². The highest BCUT2D eigenvalue weighted by Crippen LogP contribution is 2.06. The van der Waals surface area contributed by atoms with Gasteiger partial charge in [0.15, 0.2) is 11.5 Å². The zero-order chi connectivity index (χ0) is 6.85. The molecule has 1 N–H and O–H groups in total. The molecule has 0 spiro atoms. The second kappa shape index (κ2) is 2.19. The van der Waals surface area contributed by atoms with Gasteiger partial charge in [-0.15, -0.1) is 5.48 Å². The van der Waals surface area contributed by atoms with Gasteiger partial charge in [0.1, 0.15) is 0 Å². The number of hydroxylamine groups is 1. The first-order valence-electron chi connectivity index (χ1n) is 2.85. The Morgan fingerprint density at radius 1 is 1.89 bits per heavy atom.